The van der Waals surface area contributed by atoms with Crippen molar-refractivity contribution in [3.63, 3.8) is 0 Å². The second-order valence-electron chi connectivity index (χ2n) is 11.9. The van der Waals surface area contributed by atoms with Gasteiger partial charge in [-0.25, -0.2) is 4.90 Å². The minimum absolute atomic E-state index is 0. The van der Waals surface area contributed by atoms with Crippen molar-refractivity contribution in [3.05, 3.63) is 98.9 Å². The molecule has 0 atom stereocenters. The number of imide groups is 1. The van der Waals surface area contributed by atoms with Gasteiger partial charge in [-0.1, -0.05) is 12.1 Å². The summed E-state index contributed by atoms with van der Waals surface area (Å²) in [6, 6.07) is 12.4. The van der Waals surface area contributed by atoms with Gasteiger partial charge in [0.1, 0.15) is 5.69 Å². The Kier molecular flexibility index (Phi) is 14.8. The topological polar surface area (TPSA) is 240 Å². The minimum atomic E-state index is -0.862. The van der Waals surface area contributed by atoms with E-state index in [9.17, 15) is 38.9 Å². The highest BCUT2D eigenvalue weighted by atomic mass is 35.5. The first-order chi connectivity index (χ1) is 24.9. The SMILES string of the molecule is CNC(=O)c1cc(NC(=O)CCCNC(=O)c2cc(C(=O)NCCNCCN)cc(N3C(=O)c4cccc5cc([N+](=O)[O-])cc(c45)C3=O)c2)cn1C.Cl.Cl. The number of nitrogens with zero attached hydrogens (tertiary/aromatic N) is 3. The second kappa shape index (κ2) is 18.7. The molecule has 4 aromatic rings. The van der Waals surface area contributed by atoms with Crippen LogP contribution in [0.4, 0.5) is 17.1 Å². The van der Waals surface area contributed by atoms with E-state index in [0.717, 1.165) is 11.0 Å². The lowest BCUT2D eigenvalue weighted by atomic mass is 9.92. The summed E-state index contributed by atoms with van der Waals surface area (Å²) in [4.78, 5) is 90.8. The van der Waals surface area contributed by atoms with Gasteiger partial charge in [0.25, 0.3) is 35.2 Å². The van der Waals surface area contributed by atoms with Crippen molar-refractivity contribution in [2.75, 3.05) is 50.0 Å². The maximum Gasteiger partial charge on any atom is 0.270 e. The fraction of sp³-hybridized carbons (Fsp3) is 0.257. The van der Waals surface area contributed by atoms with Crippen LogP contribution in [0.15, 0.2) is 60.8 Å². The van der Waals surface area contributed by atoms with Crippen LogP contribution in [-0.4, -0.2) is 84.7 Å². The van der Waals surface area contributed by atoms with Gasteiger partial charge in [0.05, 0.1) is 21.9 Å². The van der Waals surface area contributed by atoms with Gasteiger partial charge in [0, 0.05) is 93.6 Å². The molecule has 0 unspecified atom stereocenters. The Morgan fingerprint density at radius 1 is 0.833 bits per heavy atom. The number of carbonyl (C=O) groups is 6. The fourth-order valence-electron chi connectivity index (χ4n) is 5.79. The largest absolute Gasteiger partial charge is 0.354 e. The number of nitrogens with one attached hydrogen (secondary N) is 5. The van der Waals surface area contributed by atoms with Gasteiger partial charge in [-0.3, -0.25) is 38.9 Å². The molecule has 0 bridgehead atoms. The number of non-ortho nitro benzene ring substituents is 1. The number of hydrogen-bond acceptors (Lipinski definition) is 10. The van der Waals surface area contributed by atoms with Crippen molar-refractivity contribution in [1.29, 1.82) is 0 Å². The van der Waals surface area contributed by atoms with E-state index in [1.807, 2.05) is 0 Å². The summed E-state index contributed by atoms with van der Waals surface area (Å²) in [5, 5.41) is 26.0. The van der Waals surface area contributed by atoms with Crippen LogP contribution in [0.1, 0.15) is 64.8 Å². The van der Waals surface area contributed by atoms with Crippen LogP contribution in [0.25, 0.3) is 10.8 Å². The van der Waals surface area contributed by atoms with E-state index >= 15 is 0 Å². The summed E-state index contributed by atoms with van der Waals surface area (Å²) >= 11 is 0. The zero-order valence-corrected chi connectivity index (χ0v) is 30.9. The Morgan fingerprint density at radius 3 is 2.15 bits per heavy atom. The van der Waals surface area contributed by atoms with Crippen LogP contribution >= 0.6 is 24.8 Å². The van der Waals surface area contributed by atoms with Gasteiger partial charge >= 0.3 is 0 Å². The summed E-state index contributed by atoms with van der Waals surface area (Å²) in [7, 11) is 3.17. The number of amides is 6. The van der Waals surface area contributed by atoms with Crippen molar-refractivity contribution >= 4 is 88.1 Å². The average molecular weight is 785 g/mol. The molecule has 2 heterocycles. The predicted molar refractivity (Wildman–Crippen MR) is 206 cm³/mol. The second-order valence-corrected chi connectivity index (χ2v) is 11.9. The number of anilines is 2. The third-order valence-electron chi connectivity index (χ3n) is 8.26. The zero-order valence-electron chi connectivity index (χ0n) is 29.2. The molecule has 0 spiro atoms. The van der Waals surface area contributed by atoms with Crippen molar-refractivity contribution in [2.45, 2.75) is 12.8 Å². The standard InChI is InChI=1S/C35H37N9O8.2ClH/c1-37-33(48)28-17-23(19-42(28)2)41-29(45)7-4-9-39-31(46)21-13-22(32(47)40-12-11-38-10-8-36)16-24(15-21)43-34(49)26-6-3-5-20-14-25(44(51)52)18-27(30(20)26)35(43)50;;/h3,5-6,13-19,38H,4,7-12,36H2,1-2H3,(H,37,48)(H,39,46)(H,40,47)(H,41,45);2*1H. The normalized spacial score (nSPS) is 11.6. The van der Waals surface area contributed by atoms with Gasteiger partial charge in [-0.05, 0) is 42.1 Å². The highest BCUT2D eigenvalue weighted by Gasteiger charge is 2.36. The molecule has 54 heavy (non-hydrogen) atoms. The van der Waals surface area contributed by atoms with Gasteiger partial charge < -0.3 is 36.9 Å². The molecule has 0 aliphatic carbocycles. The molecule has 17 nitrogen and oxygen atoms in total. The van der Waals surface area contributed by atoms with Crippen molar-refractivity contribution in [1.82, 2.24) is 25.8 Å². The first-order valence-corrected chi connectivity index (χ1v) is 16.3. The van der Waals surface area contributed by atoms with E-state index in [1.165, 1.54) is 43.4 Å². The van der Waals surface area contributed by atoms with Crippen LogP contribution in [0.3, 0.4) is 0 Å². The number of rotatable bonds is 15. The van der Waals surface area contributed by atoms with Crippen LogP contribution in [0.5, 0.6) is 0 Å². The molecule has 5 rings (SSSR count). The lowest BCUT2D eigenvalue weighted by Crippen LogP contribution is -2.41. The number of halogens is 2. The third-order valence-corrected chi connectivity index (χ3v) is 8.26. The number of hydrogen-bond donors (Lipinski definition) is 6. The van der Waals surface area contributed by atoms with E-state index in [4.69, 9.17) is 5.73 Å². The van der Waals surface area contributed by atoms with Gasteiger partial charge in [-0.15, -0.1) is 24.8 Å². The monoisotopic (exact) mass is 783 g/mol. The lowest BCUT2D eigenvalue weighted by Gasteiger charge is -2.27. The molecule has 19 heteroatoms. The molecule has 3 aromatic carbocycles. The summed E-state index contributed by atoms with van der Waals surface area (Å²) in [5.41, 5.74) is 5.81. The molecule has 0 saturated heterocycles. The van der Waals surface area contributed by atoms with Gasteiger partial charge in [0.2, 0.25) is 5.91 Å². The van der Waals surface area contributed by atoms with Crippen molar-refractivity contribution in [2.24, 2.45) is 12.8 Å². The van der Waals surface area contributed by atoms with Crippen molar-refractivity contribution in [3.8, 4) is 0 Å². The maximum absolute atomic E-state index is 13.9. The molecular formula is C35H39Cl2N9O8. The quantitative estimate of drug-likeness (QED) is 0.0446. The predicted octanol–water partition coefficient (Wildman–Crippen LogP) is 2.52. The molecule has 0 radical (unpaired) electrons. The highest BCUT2D eigenvalue weighted by Crippen LogP contribution is 2.36. The molecule has 0 fully saturated rings. The number of nitro groups is 1. The van der Waals surface area contributed by atoms with Crippen LogP contribution < -0.4 is 37.2 Å². The van der Waals surface area contributed by atoms with Crippen LogP contribution in [0.2, 0.25) is 0 Å². The number of aryl methyl sites for hydroxylation is 1. The Morgan fingerprint density at radius 2 is 1.50 bits per heavy atom. The Bertz CT molecular complexity index is 2120. The van der Waals surface area contributed by atoms with E-state index < -0.39 is 28.6 Å². The van der Waals surface area contributed by atoms with Crippen LogP contribution in [0, 0.1) is 10.1 Å². The molecule has 1 aliphatic heterocycles. The first-order valence-electron chi connectivity index (χ1n) is 16.3. The zero-order chi connectivity index (χ0) is 37.5. The lowest BCUT2D eigenvalue weighted by molar-refractivity contribution is -0.384. The summed E-state index contributed by atoms with van der Waals surface area (Å²) < 4.78 is 1.57. The van der Waals surface area contributed by atoms with Gasteiger partial charge in [-0.2, -0.15) is 0 Å². The summed E-state index contributed by atoms with van der Waals surface area (Å²) in [6.07, 6.45) is 1.86. The maximum atomic E-state index is 13.9. The van der Waals surface area contributed by atoms with E-state index in [1.54, 1.807) is 29.9 Å². The molecule has 7 N–H and O–H groups in total. The van der Waals surface area contributed by atoms with E-state index in [2.05, 4.69) is 26.6 Å². The minimum Gasteiger partial charge on any atom is -0.354 e. The fourth-order valence-corrected chi connectivity index (χ4v) is 5.79. The first kappa shape index (κ1) is 42.5. The molecular weight excluding hydrogens is 745 g/mol. The molecule has 0 saturated carbocycles. The van der Waals surface area contributed by atoms with Gasteiger partial charge in [0.15, 0.2) is 0 Å². The van der Waals surface area contributed by atoms with E-state index in [-0.39, 0.29) is 102 Å². The highest BCUT2D eigenvalue weighted by molar-refractivity contribution is 6.36. The Balaban J connectivity index is 0.00000392. The molecule has 1 aromatic heterocycles. The third kappa shape index (κ3) is 9.37. The molecule has 1 aliphatic rings. The number of benzene rings is 3. The molecule has 6 amide bonds. The molecule has 286 valence electrons. The number of nitro benzene ring substituents is 1. The average Bonchev–Trinajstić information content (AvgIpc) is 3.50. The van der Waals surface area contributed by atoms with Crippen LogP contribution in [-0.2, 0) is 11.8 Å². The number of aromatic nitrogens is 1. The summed E-state index contributed by atoms with van der Waals surface area (Å²) in [6.45, 7) is 1.62. The summed E-state index contributed by atoms with van der Waals surface area (Å²) in [5.74, 6) is -3.48. The Labute approximate surface area is 321 Å². The number of nitrogens with two attached hydrogens (primary N) is 1. The smallest absolute Gasteiger partial charge is 0.270 e. The van der Waals surface area contributed by atoms with E-state index in [0.29, 0.717) is 36.4 Å². The Hall–Kier alpha value is -5.88. The number of carbonyl (C=O) groups excluding carboxylic acids is 6. The van der Waals surface area contributed by atoms with Crippen molar-refractivity contribution < 1.29 is 33.7 Å².